The lowest BCUT2D eigenvalue weighted by Gasteiger charge is -2.49. The predicted molar refractivity (Wildman–Crippen MR) is 145 cm³/mol. The van der Waals surface area contributed by atoms with E-state index in [1.807, 2.05) is 28.0 Å². The van der Waals surface area contributed by atoms with Gasteiger partial charge in [-0.05, 0) is 55.1 Å². The summed E-state index contributed by atoms with van der Waals surface area (Å²) in [4.78, 5) is 35.5. The molecule has 7 nitrogen and oxygen atoms in total. The number of amides is 2. The smallest absolute Gasteiger partial charge is 0.320 e. The average Bonchev–Trinajstić information content (AvgIpc) is 3.41. The molecule has 1 aliphatic carbocycles. The van der Waals surface area contributed by atoms with E-state index < -0.39 is 11.6 Å². The van der Waals surface area contributed by atoms with Crippen LogP contribution in [-0.4, -0.2) is 51.1 Å². The van der Waals surface area contributed by atoms with Crippen LogP contribution in [0.2, 0.25) is 0 Å². The first kappa shape index (κ1) is 25.9. The van der Waals surface area contributed by atoms with Crippen molar-refractivity contribution in [1.29, 1.82) is 0 Å². The molecule has 2 aliphatic heterocycles. The van der Waals surface area contributed by atoms with Gasteiger partial charge in [0, 0.05) is 38.3 Å². The molecule has 6 rings (SSSR count). The van der Waals surface area contributed by atoms with Crippen molar-refractivity contribution in [1.82, 2.24) is 19.4 Å². The van der Waals surface area contributed by atoms with Crippen LogP contribution in [0.15, 0.2) is 53.6 Å². The molecule has 0 bridgehead atoms. The minimum atomic E-state index is -1.05. The quantitative estimate of drug-likeness (QED) is 0.520. The number of aromatic nitrogens is 2. The molecule has 3 aromatic rings. The summed E-state index contributed by atoms with van der Waals surface area (Å²) >= 11 is 0. The van der Waals surface area contributed by atoms with Gasteiger partial charge in [0.15, 0.2) is 11.6 Å². The number of benzene rings is 2. The normalized spacial score (nSPS) is 24.9. The second-order valence-electron chi connectivity index (χ2n) is 11.6. The number of nitrogens with zero attached hydrogens (tertiary/aromatic N) is 4. The van der Waals surface area contributed by atoms with Gasteiger partial charge >= 0.3 is 6.03 Å². The molecule has 1 unspecified atom stereocenters. The van der Waals surface area contributed by atoms with E-state index in [0.717, 1.165) is 62.6 Å². The largest absolute Gasteiger partial charge is 0.328 e. The number of carbonyl (C=O) groups excluding carboxylic acids is 1. The van der Waals surface area contributed by atoms with E-state index in [9.17, 15) is 18.4 Å². The van der Waals surface area contributed by atoms with Gasteiger partial charge in [0.1, 0.15) is 0 Å². The van der Waals surface area contributed by atoms with Gasteiger partial charge in [-0.15, -0.1) is 0 Å². The minimum absolute atomic E-state index is 0.0350. The van der Waals surface area contributed by atoms with Gasteiger partial charge in [-0.25, -0.2) is 18.6 Å². The van der Waals surface area contributed by atoms with Gasteiger partial charge in [0.2, 0.25) is 0 Å². The summed E-state index contributed by atoms with van der Waals surface area (Å²) in [5, 5.41) is 0.0831. The molecule has 39 heavy (non-hydrogen) atoms. The lowest BCUT2D eigenvalue weighted by Crippen LogP contribution is -2.56. The molecule has 2 saturated heterocycles. The fourth-order valence-corrected chi connectivity index (χ4v) is 7.22. The molecule has 1 spiro atoms. The standard InChI is InChI=1S/C30H35F2N5O2/c31-24-15-23-26(16-25(24)32)34-19-36(28(23)38)17-21-8-12-35(18-30(21)10-4-5-11-30)29(39)37-13-9-22(33)14-27(37)20-6-2-1-3-7-20/h1-3,6-7,15-16,19,21-22,27H,4-5,8-14,17-18,33H2/t21?,22-,27+/m1/s1. The van der Waals surface area contributed by atoms with Crippen molar-refractivity contribution in [3.8, 4) is 0 Å². The molecule has 2 N–H and O–H groups in total. The molecule has 1 saturated carbocycles. The molecule has 3 heterocycles. The van der Waals surface area contributed by atoms with Gasteiger partial charge in [-0.1, -0.05) is 43.2 Å². The summed E-state index contributed by atoms with van der Waals surface area (Å²) in [5.41, 5.74) is 7.16. The van der Waals surface area contributed by atoms with Crippen molar-refractivity contribution in [3.63, 3.8) is 0 Å². The second kappa shape index (κ2) is 10.3. The van der Waals surface area contributed by atoms with Crippen molar-refractivity contribution in [2.45, 2.75) is 63.6 Å². The number of fused-ring (bicyclic) bond motifs is 1. The molecule has 3 fully saturated rings. The Morgan fingerprint density at radius 1 is 1.05 bits per heavy atom. The summed E-state index contributed by atoms with van der Waals surface area (Å²) < 4.78 is 29.1. The van der Waals surface area contributed by atoms with Crippen molar-refractivity contribution in [3.05, 3.63) is 76.3 Å². The van der Waals surface area contributed by atoms with E-state index in [1.165, 1.54) is 6.33 Å². The SMILES string of the molecule is N[C@@H]1CCN(C(=O)N2CCC(Cn3cnc4cc(F)c(F)cc4c3=O)C3(CCCC3)C2)[C@H](c2ccccc2)C1. The molecule has 2 amide bonds. The van der Waals surface area contributed by atoms with E-state index in [2.05, 4.69) is 17.1 Å². The van der Waals surface area contributed by atoms with Crippen LogP contribution in [0.3, 0.4) is 0 Å². The Labute approximate surface area is 226 Å². The molecule has 0 radical (unpaired) electrons. The molecule has 1 aromatic heterocycles. The molecule has 2 aromatic carbocycles. The number of urea groups is 1. The second-order valence-corrected chi connectivity index (χ2v) is 11.6. The average molecular weight is 536 g/mol. The number of piperidine rings is 2. The number of carbonyl (C=O) groups is 1. The van der Waals surface area contributed by atoms with Crippen LogP contribution in [0.5, 0.6) is 0 Å². The molecule has 206 valence electrons. The van der Waals surface area contributed by atoms with E-state index >= 15 is 0 Å². The summed E-state index contributed by atoms with van der Waals surface area (Å²) in [6, 6.07) is 12.2. The maximum atomic E-state index is 14.0. The number of rotatable bonds is 3. The van der Waals surface area contributed by atoms with Gasteiger partial charge in [0.25, 0.3) is 5.56 Å². The van der Waals surface area contributed by atoms with Crippen LogP contribution < -0.4 is 11.3 Å². The number of hydrogen-bond acceptors (Lipinski definition) is 4. The number of halogens is 2. The molecular formula is C30H35F2N5O2. The highest BCUT2D eigenvalue weighted by atomic mass is 19.2. The van der Waals surface area contributed by atoms with E-state index in [4.69, 9.17) is 5.73 Å². The summed E-state index contributed by atoms with van der Waals surface area (Å²) in [7, 11) is 0. The summed E-state index contributed by atoms with van der Waals surface area (Å²) in [6.45, 7) is 2.37. The Morgan fingerprint density at radius 3 is 2.56 bits per heavy atom. The topological polar surface area (TPSA) is 84.5 Å². The predicted octanol–water partition coefficient (Wildman–Crippen LogP) is 4.84. The fraction of sp³-hybridized carbons (Fsp3) is 0.500. The maximum Gasteiger partial charge on any atom is 0.320 e. The first-order valence-corrected chi connectivity index (χ1v) is 14.0. The zero-order chi connectivity index (χ0) is 27.1. The molecular weight excluding hydrogens is 500 g/mol. The zero-order valence-corrected chi connectivity index (χ0v) is 22.1. The van der Waals surface area contributed by atoms with Crippen LogP contribution >= 0.6 is 0 Å². The highest BCUT2D eigenvalue weighted by Gasteiger charge is 2.47. The molecule has 3 aliphatic rings. The number of likely N-dealkylation sites (tertiary alicyclic amines) is 2. The lowest BCUT2D eigenvalue weighted by molar-refractivity contribution is 0.0215. The highest BCUT2D eigenvalue weighted by Crippen LogP contribution is 2.49. The third-order valence-corrected chi connectivity index (χ3v) is 9.35. The van der Waals surface area contributed by atoms with E-state index in [-0.39, 0.29) is 45.9 Å². The van der Waals surface area contributed by atoms with E-state index in [1.54, 1.807) is 4.57 Å². The van der Waals surface area contributed by atoms with Gasteiger partial charge in [0.05, 0.1) is 23.3 Å². The van der Waals surface area contributed by atoms with Crippen molar-refractivity contribution in [2.24, 2.45) is 17.1 Å². The molecule has 9 heteroatoms. The van der Waals surface area contributed by atoms with Crippen LogP contribution in [-0.2, 0) is 6.54 Å². The van der Waals surface area contributed by atoms with Crippen molar-refractivity contribution >= 4 is 16.9 Å². The third-order valence-electron chi connectivity index (χ3n) is 9.35. The van der Waals surface area contributed by atoms with Crippen LogP contribution in [0.4, 0.5) is 13.6 Å². The van der Waals surface area contributed by atoms with Crippen LogP contribution in [0.1, 0.15) is 56.6 Å². The Bertz CT molecular complexity index is 1420. The Kier molecular flexibility index (Phi) is 6.87. The first-order chi connectivity index (χ1) is 18.8. The van der Waals surface area contributed by atoms with Gasteiger partial charge in [-0.3, -0.25) is 9.36 Å². The Hall–Kier alpha value is -3.33. The Balaban J connectivity index is 1.24. The summed E-state index contributed by atoms with van der Waals surface area (Å²) in [5.74, 6) is -1.88. The van der Waals surface area contributed by atoms with Crippen LogP contribution in [0.25, 0.3) is 10.9 Å². The third kappa shape index (κ3) is 4.81. The lowest BCUT2D eigenvalue weighted by atomic mass is 9.69. The zero-order valence-electron chi connectivity index (χ0n) is 22.1. The fourth-order valence-electron chi connectivity index (χ4n) is 7.22. The first-order valence-electron chi connectivity index (χ1n) is 14.0. The maximum absolute atomic E-state index is 14.0. The van der Waals surface area contributed by atoms with Crippen LogP contribution in [0, 0.1) is 23.0 Å². The van der Waals surface area contributed by atoms with E-state index in [0.29, 0.717) is 26.2 Å². The van der Waals surface area contributed by atoms with Crippen molar-refractivity contribution < 1.29 is 13.6 Å². The Morgan fingerprint density at radius 2 is 1.79 bits per heavy atom. The minimum Gasteiger partial charge on any atom is -0.328 e. The summed E-state index contributed by atoms with van der Waals surface area (Å²) in [6.07, 6.45) is 7.96. The highest BCUT2D eigenvalue weighted by molar-refractivity contribution is 5.77. The number of nitrogens with two attached hydrogens (primary N) is 1. The van der Waals surface area contributed by atoms with Crippen molar-refractivity contribution in [2.75, 3.05) is 19.6 Å². The molecule has 3 atom stereocenters. The number of hydrogen-bond donors (Lipinski definition) is 1. The van der Waals surface area contributed by atoms with Gasteiger partial charge < -0.3 is 15.5 Å². The monoisotopic (exact) mass is 535 g/mol. The van der Waals surface area contributed by atoms with Gasteiger partial charge in [-0.2, -0.15) is 0 Å².